The molecule has 0 saturated carbocycles. The van der Waals surface area contributed by atoms with Gasteiger partial charge in [-0.05, 0) is 18.6 Å². The van der Waals surface area contributed by atoms with Gasteiger partial charge in [-0.3, -0.25) is 0 Å². The molecular weight excluding hydrogens is 240 g/mol. The second-order valence-electron chi connectivity index (χ2n) is 5.40. The third-order valence-corrected chi connectivity index (χ3v) is 4.13. The van der Waals surface area contributed by atoms with E-state index in [1.165, 1.54) is 64.2 Å². The van der Waals surface area contributed by atoms with E-state index in [1.807, 2.05) is 0 Å². The van der Waals surface area contributed by atoms with Gasteiger partial charge in [0.2, 0.25) is 0 Å². The smallest absolute Gasteiger partial charge is 0.169 e. The minimum absolute atomic E-state index is 0.964. The average Bonchev–Trinajstić information content (AvgIpc) is 2.77. The highest BCUT2D eigenvalue weighted by Gasteiger charge is 2.14. The predicted octanol–water partition coefficient (Wildman–Crippen LogP) is 4.10. The molecule has 1 heterocycles. The van der Waals surface area contributed by atoms with Crippen LogP contribution in [-0.4, -0.2) is 29.6 Å². The van der Waals surface area contributed by atoms with Gasteiger partial charge in [-0.25, -0.2) is 0 Å². The van der Waals surface area contributed by atoms with Crippen molar-refractivity contribution in [2.24, 2.45) is 0 Å². The lowest BCUT2D eigenvalue weighted by atomic mass is 10.1. The van der Waals surface area contributed by atoms with Crippen LogP contribution in [0.4, 0.5) is 0 Å². The Morgan fingerprint density at radius 2 is 1.50 bits per heavy atom. The topological polar surface area (TPSA) is 15.3 Å². The van der Waals surface area contributed by atoms with E-state index < -0.39 is 0 Å². The lowest BCUT2D eigenvalue weighted by Crippen LogP contribution is -2.28. The van der Waals surface area contributed by atoms with E-state index in [2.05, 4.69) is 17.1 Å². The van der Waals surface area contributed by atoms with Gasteiger partial charge in [-0.15, -0.1) is 0 Å². The number of unbranched alkanes of at least 4 members (excludes halogenated alkanes) is 9. The van der Waals surface area contributed by atoms with E-state index in [-0.39, 0.29) is 0 Å². The number of hydrogen-bond acceptors (Lipinski definition) is 1. The highest BCUT2D eigenvalue weighted by Crippen LogP contribution is 2.11. The molecule has 1 N–H and O–H groups in total. The van der Waals surface area contributed by atoms with Crippen LogP contribution in [0.25, 0.3) is 0 Å². The van der Waals surface area contributed by atoms with Crippen molar-refractivity contribution >= 4 is 17.3 Å². The first-order chi connectivity index (χ1) is 8.84. The minimum Gasteiger partial charge on any atom is -0.361 e. The third-order valence-electron chi connectivity index (χ3n) is 3.73. The molecule has 1 rings (SSSR count). The molecule has 0 spiro atoms. The summed E-state index contributed by atoms with van der Waals surface area (Å²) in [5.74, 6) is 0. The lowest BCUT2D eigenvalue weighted by Gasteiger charge is -2.15. The van der Waals surface area contributed by atoms with Crippen molar-refractivity contribution in [1.82, 2.24) is 10.2 Å². The highest BCUT2D eigenvalue weighted by atomic mass is 32.1. The van der Waals surface area contributed by atoms with Gasteiger partial charge in [0.05, 0.1) is 0 Å². The van der Waals surface area contributed by atoms with Gasteiger partial charge < -0.3 is 10.2 Å². The summed E-state index contributed by atoms with van der Waals surface area (Å²) >= 11 is 5.23. The Balaban J connectivity index is 1.77. The zero-order valence-corrected chi connectivity index (χ0v) is 12.9. The molecule has 0 amide bonds. The number of hydrogen-bond donors (Lipinski definition) is 1. The standard InChI is InChI=1S/C15H30N2S/c1-2-3-4-5-6-7-8-9-10-11-13-17-14-12-16-15(17)18/h2-14H2,1H3,(H,16,18). The molecule has 0 radical (unpaired) electrons. The van der Waals surface area contributed by atoms with E-state index >= 15 is 0 Å². The zero-order chi connectivity index (χ0) is 13.1. The molecule has 0 unspecified atom stereocenters. The van der Waals surface area contributed by atoms with Crippen LogP contribution in [0.15, 0.2) is 0 Å². The SMILES string of the molecule is CCCCCCCCCCCCN1CCNC1=S. The first-order valence-corrected chi connectivity index (χ1v) is 8.28. The Morgan fingerprint density at radius 3 is 2.00 bits per heavy atom. The summed E-state index contributed by atoms with van der Waals surface area (Å²) in [4.78, 5) is 2.31. The van der Waals surface area contributed by atoms with Crippen molar-refractivity contribution in [1.29, 1.82) is 0 Å². The van der Waals surface area contributed by atoms with Crippen molar-refractivity contribution in [2.45, 2.75) is 71.1 Å². The molecule has 1 aliphatic heterocycles. The molecule has 1 saturated heterocycles. The normalized spacial score (nSPS) is 15.2. The van der Waals surface area contributed by atoms with Gasteiger partial charge in [-0.2, -0.15) is 0 Å². The lowest BCUT2D eigenvalue weighted by molar-refractivity contribution is 0.438. The van der Waals surface area contributed by atoms with E-state index in [0.29, 0.717) is 0 Å². The molecule has 0 aromatic rings. The first-order valence-electron chi connectivity index (χ1n) is 7.87. The molecule has 106 valence electrons. The highest BCUT2D eigenvalue weighted by molar-refractivity contribution is 7.80. The maximum absolute atomic E-state index is 5.23. The number of nitrogens with zero attached hydrogens (tertiary/aromatic N) is 1. The van der Waals surface area contributed by atoms with E-state index in [0.717, 1.165) is 24.7 Å². The van der Waals surface area contributed by atoms with E-state index in [1.54, 1.807) is 0 Å². The van der Waals surface area contributed by atoms with Gasteiger partial charge in [0.25, 0.3) is 0 Å². The van der Waals surface area contributed by atoms with E-state index in [9.17, 15) is 0 Å². The zero-order valence-electron chi connectivity index (χ0n) is 12.0. The number of rotatable bonds is 11. The molecule has 0 aromatic carbocycles. The molecule has 1 fully saturated rings. The Bertz CT molecular complexity index is 219. The molecule has 0 bridgehead atoms. The number of thiocarbonyl (C=S) groups is 1. The molecular formula is C15H30N2S. The Hall–Kier alpha value is -0.310. The van der Waals surface area contributed by atoms with Crippen LogP contribution in [-0.2, 0) is 0 Å². The van der Waals surface area contributed by atoms with Crippen LogP contribution in [0.5, 0.6) is 0 Å². The summed E-state index contributed by atoms with van der Waals surface area (Å²) < 4.78 is 0. The Kier molecular flexibility index (Phi) is 9.27. The quantitative estimate of drug-likeness (QED) is 0.449. The van der Waals surface area contributed by atoms with Crippen LogP contribution in [0.2, 0.25) is 0 Å². The summed E-state index contributed by atoms with van der Waals surface area (Å²) in [5.41, 5.74) is 0. The van der Waals surface area contributed by atoms with Gasteiger partial charge in [-0.1, -0.05) is 64.7 Å². The van der Waals surface area contributed by atoms with Crippen LogP contribution < -0.4 is 5.32 Å². The molecule has 0 aliphatic carbocycles. The first kappa shape index (κ1) is 15.7. The maximum atomic E-state index is 5.23. The molecule has 18 heavy (non-hydrogen) atoms. The van der Waals surface area contributed by atoms with Gasteiger partial charge >= 0.3 is 0 Å². The Morgan fingerprint density at radius 1 is 0.944 bits per heavy atom. The molecule has 3 heteroatoms. The fraction of sp³-hybridized carbons (Fsp3) is 0.933. The van der Waals surface area contributed by atoms with Crippen LogP contribution in [0.3, 0.4) is 0 Å². The number of nitrogens with one attached hydrogen (secondary N) is 1. The maximum Gasteiger partial charge on any atom is 0.169 e. The van der Waals surface area contributed by atoms with Crippen LogP contribution >= 0.6 is 12.2 Å². The van der Waals surface area contributed by atoms with Crippen molar-refractivity contribution in [3.05, 3.63) is 0 Å². The summed E-state index contributed by atoms with van der Waals surface area (Å²) in [6.07, 6.45) is 14.0. The molecule has 2 nitrogen and oxygen atoms in total. The second-order valence-corrected chi connectivity index (χ2v) is 5.79. The molecule has 1 aliphatic rings. The monoisotopic (exact) mass is 270 g/mol. The Labute approximate surface area is 119 Å². The third kappa shape index (κ3) is 7.20. The van der Waals surface area contributed by atoms with Crippen LogP contribution in [0.1, 0.15) is 71.1 Å². The predicted molar refractivity (Wildman–Crippen MR) is 84.0 cm³/mol. The van der Waals surface area contributed by atoms with Crippen molar-refractivity contribution in [3.63, 3.8) is 0 Å². The van der Waals surface area contributed by atoms with Gasteiger partial charge in [0.1, 0.15) is 0 Å². The van der Waals surface area contributed by atoms with Crippen molar-refractivity contribution in [3.8, 4) is 0 Å². The summed E-state index contributed by atoms with van der Waals surface area (Å²) in [6.45, 7) is 5.58. The summed E-state index contributed by atoms with van der Waals surface area (Å²) in [5, 5.41) is 4.18. The average molecular weight is 270 g/mol. The summed E-state index contributed by atoms with van der Waals surface area (Å²) in [6, 6.07) is 0. The minimum atomic E-state index is 0.964. The fourth-order valence-electron chi connectivity index (χ4n) is 2.51. The summed E-state index contributed by atoms with van der Waals surface area (Å²) in [7, 11) is 0. The molecule has 0 aromatic heterocycles. The second kappa shape index (κ2) is 10.6. The van der Waals surface area contributed by atoms with Crippen LogP contribution in [0, 0.1) is 0 Å². The fourth-order valence-corrected chi connectivity index (χ4v) is 2.80. The van der Waals surface area contributed by atoms with E-state index in [4.69, 9.17) is 12.2 Å². The van der Waals surface area contributed by atoms with Gasteiger partial charge in [0, 0.05) is 19.6 Å². The van der Waals surface area contributed by atoms with Crippen molar-refractivity contribution < 1.29 is 0 Å². The largest absolute Gasteiger partial charge is 0.361 e. The molecule has 0 atom stereocenters. The van der Waals surface area contributed by atoms with Gasteiger partial charge in [0.15, 0.2) is 5.11 Å². The van der Waals surface area contributed by atoms with Crippen molar-refractivity contribution in [2.75, 3.05) is 19.6 Å².